The Balaban J connectivity index is 1.31. The maximum absolute atomic E-state index is 13.6. The maximum atomic E-state index is 13.6. The topological polar surface area (TPSA) is 57.1 Å². The molecular formula is C34H33NO4. The molecule has 0 amide bonds. The van der Waals surface area contributed by atoms with Crippen molar-refractivity contribution in [1.29, 1.82) is 0 Å². The highest BCUT2D eigenvalue weighted by Gasteiger charge is 2.42. The largest absolute Gasteiger partial charge is 0.470 e. The Morgan fingerprint density at radius 1 is 0.667 bits per heavy atom. The molecule has 198 valence electrons. The summed E-state index contributed by atoms with van der Waals surface area (Å²) in [6, 6.07) is 37.1. The van der Waals surface area contributed by atoms with Gasteiger partial charge >= 0.3 is 5.97 Å². The minimum Gasteiger partial charge on any atom is -0.470 e. The molecule has 0 N–H and O–H groups in total. The van der Waals surface area contributed by atoms with Gasteiger partial charge in [0.15, 0.2) is 0 Å². The van der Waals surface area contributed by atoms with Crippen LogP contribution in [0, 0.1) is 0 Å². The zero-order valence-corrected chi connectivity index (χ0v) is 22.0. The summed E-state index contributed by atoms with van der Waals surface area (Å²) in [4.78, 5) is 19.2. The number of hydrogen-bond donors (Lipinski definition) is 0. The molecule has 1 fully saturated rings. The second-order valence-electron chi connectivity index (χ2n) is 9.85. The summed E-state index contributed by atoms with van der Waals surface area (Å²) < 4.78 is 12.0. The molecule has 0 aromatic heterocycles. The van der Waals surface area contributed by atoms with Gasteiger partial charge in [-0.25, -0.2) is 0 Å². The average Bonchev–Trinajstić information content (AvgIpc) is 3.01. The highest BCUT2D eigenvalue weighted by molar-refractivity contribution is 5.94. The molecule has 1 aliphatic rings. The van der Waals surface area contributed by atoms with Crippen molar-refractivity contribution < 1.29 is 19.1 Å². The van der Waals surface area contributed by atoms with Crippen LogP contribution < -0.4 is 4.74 Å². The smallest absolute Gasteiger partial charge is 0.321 e. The average molecular weight is 520 g/mol. The van der Waals surface area contributed by atoms with Gasteiger partial charge in [0.25, 0.3) is 5.90 Å². The first-order valence-corrected chi connectivity index (χ1v) is 13.5. The monoisotopic (exact) mass is 519 g/mol. The minimum absolute atomic E-state index is 0.193. The lowest BCUT2D eigenvalue weighted by atomic mass is 9.69. The summed E-state index contributed by atoms with van der Waals surface area (Å²) in [5, 5.41) is 4.31. The number of ether oxygens (including phenoxy) is 2. The van der Waals surface area contributed by atoms with Gasteiger partial charge in [0.1, 0.15) is 19.0 Å². The maximum Gasteiger partial charge on any atom is 0.321 e. The highest BCUT2D eigenvalue weighted by atomic mass is 16.6. The molecule has 39 heavy (non-hydrogen) atoms. The van der Waals surface area contributed by atoms with Gasteiger partial charge in [0, 0.05) is 5.56 Å². The number of benzene rings is 4. The molecule has 0 unspecified atom stereocenters. The summed E-state index contributed by atoms with van der Waals surface area (Å²) in [5.74, 6) is 0.666. The molecule has 4 aromatic rings. The lowest BCUT2D eigenvalue weighted by Crippen LogP contribution is -2.41. The van der Waals surface area contributed by atoms with Crippen molar-refractivity contribution in [3.63, 3.8) is 0 Å². The molecule has 1 saturated carbocycles. The number of nitrogens with zero attached hydrogens (tertiary/aromatic N) is 1. The van der Waals surface area contributed by atoms with E-state index in [1.54, 1.807) is 12.1 Å². The fraction of sp³-hybridized carbons (Fsp3) is 0.235. The molecule has 0 heterocycles. The van der Waals surface area contributed by atoms with Crippen LogP contribution in [0.5, 0.6) is 5.75 Å². The van der Waals surface area contributed by atoms with E-state index >= 15 is 0 Å². The molecule has 4 aromatic carbocycles. The van der Waals surface area contributed by atoms with Crippen molar-refractivity contribution in [3.8, 4) is 5.75 Å². The van der Waals surface area contributed by atoms with Gasteiger partial charge in [0.05, 0.1) is 5.41 Å². The molecule has 0 bridgehead atoms. The van der Waals surface area contributed by atoms with Crippen LogP contribution in [-0.4, -0.2) is 11.9 Å². The molecule has 0 spiro atoms. The summed E-state index contributed by atoms with van der Waals surface area (Å²) in [6.45, 7) is 0.682. The van der Waals surface area contributed by atoms with Crippen LogP contribution in [0.3, 0.4) is 0 Å². The van der Waals surface area contributed by atoms with Crippen LogP contribution in [0.15, 0.2) is 120 Å². The first-order valence-electron chi connectivity index (χ1n) is 13.5. The highest BCUT2D eigenvalue weighted by Crippen LogP contribution is 2.40. The zero-order chi connectivity index (χ0) is 26.8. The van der Waals surface area contributed by atoms with E-state index in [1.165, 1.54) is 0 Å². The van der Waals surface area contributed by atoms with Gasteiger partial charge in [-0.1, -0.05) is 110 Å². The van der Waals surface area contributed by atoms with Gasteiger partial charge in [-0.15, -0.1) is 0 Å². The number of hydrogen-bond acceptors (Lipinski definition) is 5. The summed E-state index contributed by atoms with van der Waals surface area (Å²) in [7, 11) is 0. The Kier molecular flexibility index (Phi) is 8.69. The lowest BCUT2D eigenvalue weighted by Gasteiger charge is -2.35. The number of esters is 1. The van der Waals surface area contributed by atoms with Gasteiger partial charge in [-0.05, 0) is 59.0 Å². The Morgan fingerprint density at radius 3 is 1.85 bits per heavy atom. The van der Waals surface area contributed by atoms with Crippen LogP contribution in [0.2, 0.25) is 0 Å². The van der Waals surface area contributed by atoms with E-state index in [2.05, 4.69) is 5.16 Å². The van der Waals surface area contributed by atoms with E-state index in [1.807, 2.05) is 103 Å². The van der Waals surface area contributed by atoms with Crippen LogP contribution in [0.25, 0.3) is 0 Å². The van der Waals surface area contributed by atoms with Crippen molar-refractivity contribution >= 4 is 11.9 Å². The van der Waals surface area contributed by atoms with E-state index < -0.39 is 5.41 Å². The van der Waals surface area contributed by atoms with Crippen molar-refractivity contribution in [2.75, 3.05) is 0 Å². The second kappa shape index (κ2) is 12.9. The second-order valence-corrected chi connectivity index (χ2v) is 9.85. The van der Waals surface area contributed by atoms with Gasteiger partial charge in [-0.3, -0.25) is 4.79 Å². The van der Waals surface area contributed by atoms with Crippen LogP contribution in [0.1, 0.15) is 54.4 Å². The normalized spacial score (nSPS) is 14.8. The zero-order valence-electron chi connectivity index (χ0n) is 22.0. The number of oxime groups is 1. The molecular weight excluding hydrogens is 486 g/mol. The summed E-state index contributed by atoms with van der Waals surface area (Å²) in [6.07, 6.45) is 4.79. The Bertz CT molecular complexity index is 1350. The molecule has 0 aliphatic heterocycles. The van der Waals surface area contributed by atoms with Crippen molar-refractivity contribution in [3.05, 3.63) is 138 Å². The molecule has 5 nitrogen and oxygen atoms in total. The Labute approximate surface area is 230 Å². The number of rotatable bonds is 9. The third kappa shape index (κ3) is 6.74. The van der Waals surface area contributed by atoms with Crippen LogP contribution >= 0.6 is 0 Å². The van der Waals surface area contributed by atoms with Crippen molar-refractivity contribution in [2.24, 2.45) is 5.16 Å². The van der Waals surface area contributed by atoms with E-state index in [-0.39, 0.29) is 5.97 Å². The Hall–Kier alpha value is -4.38. The predicted octanol–water partition coefficient (Wildman–Crippen LogP) is 7.59. The van der Waals surface area contributed by atoms with Crippen LogP contribution in [-0.2, 0) is 33.0 Å². The lowest BCUT2D eigenvalue weighted by molar-refractivity contribution is -0.142. The van der Waals surface area contributed by atoms with Gasteiger partial charge in [-0.2, -0.15) is 0 Å². The first-order chi connectivity index (χ1) is 19.2. The third-order valence-corrected chi connectivity index (χ3v) is 7.18. The first kappa shape index (κ1) is 26.2. The van der Waals surface area contributed by atoms with Crippen molar-refractivity contribution in [2.45, 2.75) is 50.7 Å². The van der Waals surface area contributed by atoms with E-state index in [9.17, 15) is 4.79 Å². The number of carbonyl (C=O) groups is 1. The molecule has 0 radical (unpaired) electrons. The fourth-order valence-corrected chi connectivity index (χ4v) is 5.02. The summed E-state index contributed by atoms with van der Waals surface area (Å²) >= 11 is 0. The SMILES string of the molecule is O=C(Oc1ccc(/C(=N/OCc2ccccc2)OCc2ccccc2)cc1)C1(c2ccccc2)CCCCC1. The van der Waals surface area contributed by atoms with E-state index in [0.717, 1.165) is 54.4 Å². The van der Waals surface area contributed by atoms with Gasteiger partial charge < -0.3 is 14.3 Å². The van der Waals surface area contributed by atoms with E-state index in [0.29, 0.717) is 24.9 Å². The molecule has 5 heteroatoms. The van der Waals surface area contributed by atoms with Crippen LogP contribution in [0.4, 0.5) is 0 Å². The molecule has 0 saturated heterocycles. The molecule has 0 atom stereocenters. The van der Waals surface area contributed by atoms with Crippen molar-refractivity contribution in [1.82, 2.24) is 0 Å². The quantitative estimate of drug-likeness (QED) is 0.0752. The number of carbonyl (C=O) groups excluding carboxylic acids is 1. The predicted molar refractivity (Wildman–Crippen MR) is 152 cm³/mol. The molecule has 1 aliphatic carbocycles. The van der Waals surface area contributed by atoms with E-state index in [4.69, 9.17) is 14.3 Å². The summed E-state index contributed by atoms with van der Waals surface area (Å²) in [5.41, 5.74) is 3.20. The minimum atomic E-state index is -0.602. The Morgan fingerprint density at radius 2 is 1.23 bits per heavy atom. The fourth-order valence-electron chi connectivity index (χ4n) is 5.02. The molecule has 5 rings (SSSR count). The standard InChI is InChI=1S/C34H33NO4/c36-33(34(23-11-4-12-24-34)30-17-9-3-10-18-30)39-31-21-19-29(20-22-31)32(37-25-27-13-5-1-6-14-27)35-38-26-28-15-7-2-8-16-28/h1-3,5-10,13-22H,4,11-12,23-26H2/b35-32-. The third-order valence-electron chi connectivity index (χ3n) is 7.18. The van der Waals surface area contributed by atoms with Gasteiger partial charge in [0.2, 0.25) is 0 Å².